The minimum atomic E-state index is 0.646. The zero-order valence-electron chi connectivity index (χ0n) is 7.17. The largest absolute Gasteiger partial charge is 0.255 e. The van der Waals surface area contributed by atoms with E-state index in [4.69, 9.17) is 11.6 Å². The molecule has 0 unspecified atom stereocenters. The van der Waals surface area contributed by atoms with E-state index in [1.807, 2.05) is 30.3 Å². The van der Waals surface area contributed by atoms with Gasteiger partial charge in [-0.1, -0.05) is 29.8 Å². The third kappa shape index (κ3) is 1.81. The Morgan fingerprint density at radius 2 is 2.14 bits per heavy atom. The van der Waals surface area contributed by atoms with E-state index in [2.05, 4.69) is 27.0 Å². The molecule has 0 N–H and O–H groups in total. The molecule has 0 saturated heterocycles. The van der Waals surface area contributed by atoms with Crippen LogP contribution in [0.2, 0.25) is 5.02 Å². The lowest BCUT2D eigenvalue weighted by atomic mass is 10.1. The van der Waals surface area contributed by atoms with Crippen LogP contribution >= 0.6 is 27.5 Å². The molecule has 0 aliphatic carbocycles. The van der Waals surface area contributed by atoms with Gasteiger partial charge in [0.25, 0.3) is 0 Å². The van der Waals surface area contributed by atoms with Gasteiger partial charge in [0.15, 0.2) is 0 Å². The van der Waals surface area contributed by atoms with Crippen molar-refractivity contribution in [1.29, 1.82) is 0 Å². The van der Waals surface area contributed by atoms with Gasteiger partial charge in [0.05, 0.1) is 10.7 Å². The topological polar surface area (TPSA) is 12.9 Å². The first-order chi connectivity index (χ1) is 6.79. The van der Waals surface area contributed by atoms with Crippen LogP contribution in [0.15, 0.2) is 41.0 Å². The van der Waals surface area contributed by atoms with Crippen molar-refractivity contribution in [2.45, 2.75) is 0 Å². The molecule has 0 fully saturated rings. The summed E-state index contributed by atoms with van der Waals surface area (Å²) in [5.41, 5.74) is 1.73. The maximum Gasteiger partial charge on any atom is 0.0899 e. The predicted octanol–water partition coefficient (Wildman–Crippen LogP) is 3.96. The number of halogens is 2. The van der Waals surface area contributed by atoms with Crippen LogP contribution in [-0.4, -0.2) is 4.98 Å². The zero-order chi connectivity index (χ0) is 9.97. The Labute approximate surface area is 95.9 Å². The molecule has 0 saturated carbocycles. The summed E-state index contributed by atoms with van der Waals surface area (Å²) in [7, 11) is 0. The second-order valence-electron chi connectivity index (χ2n) is 2.73. The first kappa shape index (κ1) is 9.69. The molecular weight excluding hydrogens is 261 g/mol. The molecule has 0 amide bonds. The standard InChI is InChI=1S/C11H6BrClN/c12-9-5-2-1-4-8(9)11-10(13)6-3-7-14-11/h1-4,6-7H. The molecule has 0 atom stereocenters. The molecule has 1 aromatic heterocycles. The highest BCUT2D eigenvalue weighted by molar-refractivity contribution is 9.10. The van der Waals surface area contributed by atoms with Crippen molar-refractivity contribution in [2.75, 3.05) is 0 Å². The van der Waals surface area contributed by atoms with Gasteiger partial charge in [-0.3, -0.25) is 4.98 Å². The molecule has 3 heteroatoms. The molecule has 1 radical (unpaired) electrons. The van der Waals surface area contributed by atoms with Gasteiger partial charge >= 0.3 is 0 Å². The highest BCUT2D eigenvalue weighted by Crippen LogP contribution is 2.30. The van der Waals surface area contributed by atoms with Crippen molar-refractivity contribution >= 4 is 27.5 Å². The second-order valence-corrected chi connectivity index (χ2v) is 3.93. The van der Waals surface area contributed by atoms with Crippen LogP contribution in [0.3, 0.4) is 0 Å². The predicted molar refractivity (Wildman–Crippen MR) is 61.2 cm³/mol. The highest BCUT2D eigenvalue weighted by Gasteiger charge is 2.06. The maximum absolute atomic E-state index is 6.03. The fourth-order valence-electron chi connectivity index (χ4n) is 1.18. The number of nitrogens with zero attached hydrogens (tertiary/aromatic N) is 1. The maximum atomic E-state index is 6.03. The Hall–Kier alpha value is -0.860. The van der Waals surface area contributed by atoms with Crippen LogP contribution in [-0.2, 0) is 0 Å². The molecule has 1 aromatic carbocycles. The average Bonchev–Trinajstić information content (AvgIpc) is 2.20. The van der Waals surface area contributed by atoms with Crippen molar-refractivity contribution in [3.63, 3.8) is 0 Å². The van der Waals surface area contributed by atoms with Crippen LogP contribution in [0.25, 0.3) is 11.3 Å². The van der Waals surface area contributed by atoms with Crippen LogP contribution < -0.4 is 0 Å². The summed E-state index contributed by atoms with van der Waals surface area (Å²) < 4.78 is 0.876. The molecule has 0 aliphatic heterocycles. The number of aromatic nitrogens is 1. The van der Waals surface area contributed by atoms with Gasteiger partial charge in [-0.2, -0.15) is 0 Å². The van der Waals surface area contributed by atoms with Gasteiger partial charge in [0, 0.05) is 16.2 Å². The molecule has 0 spiro atoms. The van der Waals surface area contributed by atoms with Gasteiger partial charge in [-0.05, 0) is 34.1 Å². The summed E-state index contributed by atoms with van der Waals surface area (Å²) in [5.74, 6) is 0. The van der Waals surface area contributed by atoms with Gasteiger partial charge in [-0.25, -0.2) is 0 Å². The first-order valence-electron chi connectivity index (χ1n) is 4.06. The van der Waals surface area contributed by atoms with Crippen molar-refractivity contribution in [3.05, 3.63) is 52.1 Å². The van der Waals surface area contributed by atoms with Crippen LogP contribution in [0.4, 0.5) is 0 Å². The van der Waals surface area contributed by atoms with Gasteiger partial charge in [-0.15, -0.1) is 0 Å². The van der Waals surface area contributed by atoms with E-state index in [9.17, 15) is 0 Å². The molecule has 2 rings (SSSR count). The lowest BCUT2D eigenvalue weighted by Crippen LogP contribution is -1.85. The van der Waals surface area contributed by atoms with E-state index in [-0.39, 0.29) is 0 Å². The smallest absolute Gasteiger partial charge is 0.0899 e. The summed E-state index contributed by atoms with van der Waals surface area (Å²) >= 11 is 9.45. The molecule has 2 aromatic rings. The number of benzene rings is 1. The average molecular weight is 268 g/mol. The second kappa shape index (κ2) is 4.11. The van der Waals surface area contributed by atoms with Crippen LogP contribution in [0.1, 0.15) is 0 Å². The minimum Gasteiger partial charge on any atom is -0.255 e. The van der Waals surface area contributed by atoms with Crippen molar-refractivity contribution in [3.8, 4) is 11.3 Å². The molecule has 14 heavy (non-hydrogen) atoms. The highest BCUT2D eigenvalue weighted by atomic mass is 79.9. The summed E-state index contributed by atoms with van der Waals surface area (Å²) in [5, 5.41) is 0.646. The van der Waals surface area contributed by atoms with E-state index in [0.29, 0.717) is 5.02 Å². The molecule has 1 nitrogen and oxygen atoms in total. The third-order valence-corrected chi connectivity index (χ3v) is 2.78. The summed E-state index contributed by atoms with van der Waals surface area (Å²) in [6.07, 6.45) is 1.72. The summed E-state index contributed by atoms with van der Waals surface area (Å²) in [6, 6.07) is 12.4. The monoisotopic (exact) mass is 266 g/mol. The number of hydrogen-bond acceptors (Lipinski definition) is 1. The van der Waals surface area contributed by atoms with E-state index >= 15 is 0 Å². The van der Waals surface area contributed by atoms with E-state index in [1.165, 1.54) is 0 Å². The molecule has 1 heterocycles. The Morgan fingerprint density at radius 1 is 1.29 bits per heavy atom. The lowest BCUT2D eigenvalue weighted by molar-refractivity contribution is 1.32. The minimum absolute atomic E-state index is 0.646. The summed E-state index contributed by atoms with van der Waals surface area (Å²) in [6.45, 7) is 0. The molecule has 69 valence electrons. The van der Waals surface area contributed by atoms with Gasteiger partial charge in [0.1, 0.15) is 0 Å². The van der Waals surface area contributed by atoms with Crippen molar-refractivity contribution in [1.82, 2.24) is 4.98 Å². The van der Waals surface area contributed by atoms with E-state index in [0.717, 1.165) is 15.7 Å². The summed E-state index contributed by atoms with van der Waals surface area (Å²) in [4.78, 5) is 4.23. The molecule has 0 aliphatic rings. The quantitative estimate of drug-likeness (QED) is 0.762. The van der Waals surface area contributed by atoms with E-state index < -0.39 is 0 Å². The van der Waals surface area contributed by atoms with Crippen LogP contribution in [0.5, 0.6) is 0 Å². The Balaban J connectivity index is 2.61. The number of rotatable bonds is 1. The number of pyridine rings is 1. The van der Waals surface area contributed by atoms with Gasteiger partial charge in [0.2, 0.25) is 0 Å². The lowest BCUT2D eigenvalue weighted by Gasteiger charge is -2.04. The Morgan fingerprint density at radius 3 is 2.86 bits per heavy atom. The molecular formula is C11H6BrClN. The Kier molecular flexibility index (Phi) is 2.85. The van der Waals surface area contributed by atoms with Gasteiger partial charge < -0.3 is 0 Å². The fraction of sp³-hybridized carbons (Fsp3) is 0. The first-order valence-corrected chi connectivity index (χ1v) is 5.23. The van der Waals surface area contributed by atoms with Crippen molar-refractivity contribution in [2.24, 2.45) is 0 Å². The van der Waals surface area contributed by atoms with Crippen molar-refractivity contribution < 1.29 is 0 Å². The van der Waals surface area contributed by atoms with E-state index in [1.54, 1.807) is 6.20 Å². The number of hydrogen-bond donors (Lipinski definition) is 0. The Bertz CT molecular complexity index is 413. The third-order valence-electron chi connectivity index (χ3n) is 1.82. The molecule has 0 bridgehead atoms. The SMILES string of the molecule is Clc1cccnc1-c1ccc[c]c1Br. The fourth-order valence-corrected chi connectivity index (χ4v) is 1.86. The normalized spacial score (nSPS) is 10.1. The zero-order valence-corrected chi connectivity index (χ0v) is 9.51. The van der Waals surface area contributed by atoms with Crippen LogP contribution in [0, 0.1) is 6.07 Å².